The number of aromatic nitrogens is 1. The first kappa shape index (κ1) is 12.5. The summed E-state index contributed by atoms with van der Waals surface area (Å²) >= 11 is 7.56. The van der Waals surface area contributed by atoms with Crippen LogP contribution in [0.4, 0.5) is 5.69 Å². The molecule has 3 aromatic rings. The molecule has 0 amide bonds. The lowest BCUT2D eigenvalue weighted by Gasteiger charge is -2.06. The number of aliphatic hydroxyl groups is 1. The Balaban J connectivity index is 1.96. The number of hydrogen-bond donors (Lipinski definition) is 2. The minimum atomic E-state index is -0.0367. The van der Waals surface area contributed by atoms with Crippen LogP contribution in [0.1, 0.15) is 11.3 Å². The molecule has 0 fully saturated rings. The summed E-state index contributed by atoms with van der Waals surface area (Å²) in [5.74, 6) is 0.847. The molecular formula is C13H11ClN2O2S. The van der Waals surface area contributed by atoms with E-state index in [9.17, 15) is 5.11 Å². The Bertz CT molecular complexity index is 694. The maximum atomic E-state index is 9.27. The Kier molecular flexibility index (Phi) is 3.42. The lowest BCUT2D eigenvalue weighted by Crippen LogP contribution is -1.99. The molecule has 0 radical (unpaired) electrons. The molecule has 0 atom stereocenters. The van der Waals surface area contributed by atoms with Gasteiger partial charge in [0.15, 0.2) is 0 Å². The van der Waals surface area contributed by atoms with E-state index in [4.69, 9.17) is 16.0 Å². The van der Waals surface area contributed by atoms with Gasteiger partial charge < -0.3 is 14.8 Å². The maximum absolute atomic E-state index is 9.27. The van der Waals surface area contributed by atoms with Gasteiger partial charge in [0, 0.05) is 11.6 Å². The van der Waals surface area contributed by atoms with E-state index in [-0.39, 0.29) is 6.61 Å². The average Bonchev–Trinajstić information content (AvgIpc) is 3.04. The quantitative estimate of drug-likeness (QED) is 0.721. The van der Waals surface area contributed by atoms with Crippen molar-refractivity contribution in [2.45, 2.75) is 13.2 Å². The van der Waals surface area contributed by atoms with Gasteiger partial charge in [0.05, 0.1) is 35.3 Å². The predicted octanol–water partition coefficient (Wildman–Crippen LogP) is 3.65. The second-order valence-electron chi connectivity index (χ2n) is 4.02. The van der Waals surface area contributed by atoms with Crippen molar-refractivity contribution < 1.29 is 9.52 Å². The third-order valence-corrected chi connectivity index (χ3v) is 4.01. The molecule has 0 saturated carbocycles. The van der Waals surface area contributed by atoms with Crippen molar-refractivity contribution in [1.29, 1.82) is 0 Å². The second kappa shape index (κ2) is 5.21. The summed E-state index contributed by atoms with van der Waals surface area (Å²) in [6.45, 7) is 0.541. The van der Waals surface area contributed by atoms with Gasteiger partial charge in [-0.05, 0) is 17.5 Å². The van der Waals surface area contributed by atoms with Crippen LogP contribution in [0.15, 0.2) is 34.3 Å². The van der Waals surface area contributed by atoms with Gasteiger partial charge >= 0.3 is 0 Å². The van der Waals surface area contributed by atoms with E-state index in [0.717, 1.165) is 27.2 Å². The van der Waals surface area contributed by atoms with Crippen LogP contribution in [0.25, 0.3) is 10.2 Å². The average molecular weight is 295 g/mol. The summed E-state index contributed by atoms with van der Waals surface area (Å²) in [6.07, 6.45) is 1.64. The molecule has 6 heteroatoms. The zero-order valence-electron chi connectivity index (χ0n) is 9.89. The Labute approximate surface area is 118 Å². The minimum absolute atomic E-state index is 0.0367. The lowest BCUT2D eigenvalue weighted by molar-refractivity contribution is 0.283. The highest BCUT2D eigenvalue weighted by molar-refractivity contribution is 7.18. The summed E-state index contributed by atoms with van der Waals surface area (Å²) in [5.41, 5.74) is 2.45. The predicted molar refractivity (Wildman–Crippen MR) is 76.6 cm³/mol. The van der Waals surface area contributed by atoms with Gasteiger partial charge in [-0.1, -0.05) is 11.6 Å². The van der Waals surface area contributed by atoms with Crippen molar-refractivity contribution >= 4 is 38.8 Å². The number of pyridine rings is 1. The molecule has 0 aliphatic rings. The first-order valence-electron chi connectivity index (χ1n) is 5.71. The van der Waals surface area contributed by atoms with Gasteiger partial charge in [0.25, 0.3) is 0 Å². The lowest BCUT2D eigenvalue weighted by atomic mass is 10.2. The van der Waals surface area contributed by atoms with Crippen molar-refractivity contribution in [3.8, 4) is 0 Å². The molecule has 3 rings (SSSR count). The SMILES string of the molecule is OCc1csc2c(NCc3ccco3)cc(Cl)nc12. The molecule has 0 saturated heterocycles. The Morgan fingerprint density at radius 3 is 3.11 bits per heavy atom. The van der Waals surface area contributed by atoms with E-state index in [1.165, 1.54) is 11.3 Å². The summed E-state index contributed by atoms with van der Waals surface area (Å²) < 4.78 is 6.26. The second-order valence-corrected chi connectivity index (χ2v) is 5.29. The highest BCUT2D eigenvalue weighted by Crippen LogP contribution is 2.33. The molecule has 3 aromatic heterocycles. The molecule has 0 unspecified atom stereocenters. The third kappa shape index (κ3) is 2.45. The normalized spacial score (nSPS) is 11.1. The molecule has 19 heavy (non-hydrogen) atoms. The van der Waals surface area contributed by atoms with Gasteiger partial charge in [0.2, 0.25) is 0 Å². The fourth-order valence-corrected chi connectivity index (χ4v) is 3.05. The highest BCUT2D eigenvalue weighted by atomic mass is 35.5. The molecule has 98 valence electrons. The summed E-state index contributed by atoms with van der Waals surface area (Å²) in [5, 5.41) is 14.9. The van der Waals surface area contributed by atoms with Crippen molar-refractivity contribution in [3.05, 3.63) is 46.3 Å². The molecule has 0 aliphatic heterocycles. The number of thiophene rings is 1. The van der Waals surface area contributed by atoms with Gasteiger partial charge in [-0.2, -0.15) is 0 Å². The number of aliphatic hydroxyl groups excluding tert-OH is 1. The maximum Gasteiger partial charge on any atom is 0.131 e. The zero-order chi connectivity index (χ0) is 13.2. The van der Waals surface area contributed by atoms with Gasteiger partial charge in [-0.15, -0.1) is 11.3 Å². The zero-order valence-corrected chi connectivity index (χ0v) is 11.5. The van der Waals surface area contributed by atoms with E-state index < -0.39 is 0 Å². The van der Waals surface area contributed by atoms with Crippen molar-refractivity contribution in [1.82, 2.24) is 4.98 Å². The number of hydrogen-bond acceptors (Lipinski definition) is 5. The number of fused-ring (bicyclic) bond motifs is 1. The van der Waals surface area contributed by atoms with E-state index in [1.807, 2.05) is 17.5 Å². The molecule has 4 nitrogen and oxygen atoms in total. The summed E-state index contributed by atoms with van der Waals surface area (Å²) in [6, 6.07) is 5.53. The van der Waals surface area contributed by atoms with Crippen LogP contribution >= 0.6 is 22.9 Å². The van der Waals surface area contributed by atoms with Gasteiger partial charge in [0.1, 0.15) is 10.9 Å². The van der Waals surface area contributed by atoms with Gasteiger partial charge in [-0.25, -0.2) is 4.98 Å². The van der Waals surface area contributed by atoms with Crippen LogP contribution in [0.2, 0.25) is 5.15 Å². The molecule has 0 aromatic carbocycles. The van der Waals surface area contributed by atoms with Crippen LogP contribution in [0, 0.1) is 0 Å². The van der Waals surface area contributed by atoms with E-state index >= 15 is 0 Å². The van der Waals surface area contributed by atoms with Crippen LogP contribution in [0.3, 0.4) is 0 Å². The Morgan fingerprint density at radius 2 is 2.37 bits per heavy atom. The summed E-state index contributed by atoms with van der Waals surface area (Å²) in [7, 11) is 0. The van der Waals surface area contributed by atoms with Gasteiger partial charge in [-0.3, -0.25) is 0 Å². The number of nitrogens with zero attached hydrogens (tertiary/aromatic N) is 1. The molecule has 0 aliphatic carbocycles. The van der Waals surface area contributed by atoms with Crippen LogP contribution in [-0.4, -0.2) is 10.1 Å². The van der Waals surface area contributed by atoms with Crippen molar-refractivity contribution in [3.63, 3.8) is 0 Å². The van der Waals surface area contributed by atoms with Crippen LogP contribution in [-0.2, 0) is 13.2 Å². The molecule has 2 N–H and O–H groups in total. The topological polar surface area (TPSA) is 58.3 Å². The number of halogens is 1. The number of rotatable bonds is 4. The number of furan rings is 1. The van der Waals surface area contributed by atoms with E-state index in [1.54, 1.807) is 12.3 Å². The minimum Gasteiger partial charge on any atom is -0.467 e. The first-order chi connectivity index (χ1) is 9.28. The van der Waals surface area contributed by atoms with E-state index in [0.29, 0.717) is 11.7 Å². The molecule has 0 spiro atoms. The molecule has 0 bridgehead atoms. The van der Waals surface area contributed by atoms with Crippen LogP contribution < -0.4 is 5.32 Å². The standard InChI is InChI=1S/C13H11ClN2O2S/c14-11-4-10(15-5-9-2-1-3-18-9)13-12(16-11)8(6-17)7-19-13/h1-4,7,17H,5-6H2,(H,15,16). The Morgan fingerprint density at radius 1 is 1.47 bits per heavy atom. The van der Waals surface area contributed by atoms with Crippen LogP contribution in [0.5, 0.6) is 0 Å². The fraction of sp³-hybridized carbons (Fsp3) is 0.154. The first-order valence-corrected chi connectivity index (χ1v) is 6.97. The smallest absolute Gasteiger partial charge is 0.131 e. The van der Waals surface area contributed by atoms with E-state index in [2.05, 4.69) is 10.3 Å². The number of anilines is 1. The molecular weight excluding hydrogens is 284 g/mol. The third-order valence-electron chi connectivity index (χ3n) is 2.77. The fourth-order valence-electron chi connectivity index (χ4n) is 1.86. The number of nitrogens with one attached hydrogen (secondary N) is 1. The Hall–Kier alpha value is -1.56. The largest absolute Gasteiger partial charge is 0.467 e. The summed E-state index contributed by atoms with van der Waals surface area (Å²) in [4.78, 5) is 4.26. The monoisotopic (exact) mass is 294 g/mol. The molecule has 3 heterocycles. The van der Waals surface area contributed by atoms with Crippen molar-refractivity contribution in [2.75, 3.05) is 5.32 Å². The highest BCUT2D eigenvalue weighted by Gasteiger charge is 2.11. The van der Waals surface area contributed by atoms with Crippen molar-refractivity contribution in [2.24, 2.45) is 0 Å².